The Kier molecular flexibility index (Phi) is 4.48. The SMILES string of the molecule is Cc1c(S(=O)(=O)N2CCN(c3ccc([N+](=O)[O-])cc3)CC2)cnn1C. The molecule has 0 atom stereocenters. The fourth-order valence-electron chi connectivity index (χ4n) is 2.84. The Morgan fingerprint density at radius 1 is 1.12 bits per heavy atom. The van der Waals surface area contributed by atoms with E-state index in [9.17, 15) is 18.5 Å². The van der Waals surface area contributed by atoms with Crippen molar-refractivity contribution in [3.05, 3.63) is 46.3 Å². The van der Waals surface area contributed by atoms with Gasteiger partial charge in [0, 0.05) is 51.0 Å². The lowest BCUT2D eigenvalue weighted by Gasteiger charge is -2.35. The van der Waals surface area contributed by atoms with Gasteiger partial charge in [0.15, 0.2) is 0 Å². The highest BCUT2D eigenvalue weighted by Gasteiger charge is 2.31. The first kappa shape index (κ1) is 17.4. The van der Waals surface area contributed by atoms with Crippen LogP contribution < -0.4 is 4.90 Å². The quantitative estimate of drug-likeness (QED) is 0.595. The molecule has 2 heterocycles. The van der Waals surface area contributed by atoms with Crippen molar-refractivity contribution < 1.29 is 13.3 Å². The van der Waals surface area contributed by atoms with Gasteiger partial charge < -0.3 is 4.90 Å². The van der Waals surface area contributed by atoms with Gasteiger partial charge in [0.25, 0.3) is 5.69 Å². The molecule has 134 valence electrons. The lowest BCUT2D eigenvalue weighted by Crippen LogP contribution is -2.48. The van der Waals surface area contributed by atoms with Crippen LogP contribution in [0.25, 0.3) is 0 Å². The molecule has 0 N–H and O–H groups in total. The molecule has 2 aromatic rings. The summed E-state index contributed by atoms with van der Waals surface area (Å²) in [6, 6.07) is 6.29. The van der Waals surface area contributed by atoms with Crippen molar-refractivity contribution in [2.45, 2.75) is 11.8 Å². The van der Waals surface area contributed by atoms with Crippen LogP contribution in [-0.2, 0) is 17.1 Å². The van der Waals surface area contributed by atoms with Crippen molar-refractivity contribution in [1.82, 2.24) is 14.1 Å². The van der Waals surface area contributed by atoms with Crippen LogP contribution in [0.4, 0.5) is 11.4 Å². The maximum Gasteiger partial charge on any atom is 0.269 e. The van der Waals surface area contributed by atoms with E-state index < -0.39 is 14.9 Å². The van der Waals surface area contributed by atoms with Gasteiger partial charge in [-0.3, -0.25) is 14.8 Å². The zero-order valence-electron chi connectivity index (χ0n) is 14.0. The van der Waals surface area contributed by atoms with Gasteiger partial charge in [0.2, 0.25) is 10.0 Å². The molecule has 0 saturated carbocycles. The van der Waals surface area contributed by atoms with Crippen LogP contribution in [0.15, 0.2) is 35.4 Å². The molecule has 1 saturated heterocycles. The molecule has 0 aliphatic carbocycles. The third-order valence-corrected chi connectivity index (χ3v) is 6.47. The van der Waals surface area contributed by atoms with Crippen molar-refractivity contribution in [2.24, 2.45) is 7.05 Å². The molecule has 0 unspecified atom stereocenters. The summed E-state index contributed by atoms with van der Waals surface area (Å²) < 4.78 is 28.5. The zero-order valence-corrected chi connectivity index (χ0v) is 14.8. The van der Waals surface area contributed by atoms with Crippen LogP contribution >= 0.6 is 0 Å². The minimum Gasteiger partial charge on any atom is -0.369 e. The molecule has 1 fully saturated rings. The summed E-state index contributed by atoms with van der Waals surface area (Å²) in [5, 5.41) is 14.7. The van der Waals surface area contributed by atoms with E-state index in [4.69, 9.17) is 0 Å². The van der Waals surface area contributed by atoms with E-state index in [1.807, 2.05) is 4.90 Å². The molecule has 1 aromatic carbocycles. The second kappa shape index (κ2) is 6.45. The van der Waals surface area contributed by atoms with E-state index in [0.717, 1.165) is 5.69 Å². The molecule has 10 heteroatoms. The number of nitrogens with zero attached hydrogens (tertiary/aromatic N) is 5. The molecule has 9 nitrogen and oxygen atoms in total. The van der Waals surface area contributed by atoms with E-state index >= 15 is 0 Å². The third-order valence-electron chi connectivity index (χ3n) is 4.47. The number of benzene rings is 1. The Hall–Kier alpha value is -2.46. The summed E-state index contributed by atoms with van der Waals surface area (Å²) >= 11 is 0. The fourth-order valence-corrected chi connectivity index (χ4v) is 4.45. The topological polar surface area (TPSA) is 102 Å². The van der Waals surface area contributed by atoms with Gasteiger partial charge in [-0.1, -0.05) is 0 Å². The van der Waals surface area contributed by atoms with E-state index in [1.54, 1.807) is 30.8 Å². The Labute approximate surface area is 145 Å². The first-order chi connectivity index (χ1) is 11.8. The summed E-state index contributed by atoms with van der Waals surface area (Å²) in [7, 11) is -1.85. The minimum absolute atomic E-state index is 0.0389. The van der Waals surface area contributed by atoms with Crippen LogP contribution in [0.2, 0.25) is 0 Å². The molecule has 0 radical (unpaired) electrons. The number of hydrogen-bond donors (Lipinski definition) is 0. The van der Waals surface area contributed by atoms with Crippen molar-refractivity contribution >= 4 is 21.4 Å². The average molecular weight is 365 g/mol. The molecule has 1 aromatic heterocycles. The first-order valence-corrected chi connectivity index (χ1v) is 9.23. The molecule has 3 rings (SSSR count). The molecule has 0 bridgehead atoms. The van der Waals surface area contributed by atoms with Gasteiger partial charge in [0.1, 0.15) is 4.90 Å². The van der Waals surface area contributed by atoms with Crippen molar-refractivity contribution in [3.63, 3.8) is 0 Å². The molecule has 25 heavy (non-hydrogen) atoms. The van der Waals surface area contributed by atoms with E-state index in [2.05, 4.69) is 5.10 Å². The maximum atomic E-state index is 12.8. The van der Waals surface area contributed by atoms with Gasteiger partial charge in [0.05, 0.1) is 16.8 Å². The number of sulfonamides is 1. The number of hydrogen-bond acceptors (Lipinski definition) is 6. The van der Waals surface area contributed by atoms with Crippen LogP contribution in [0.1, 0.15) is 5.69 Å². The third kappa shape index (κ3) is 3.22. The normalized spacial score (nSPS) is 16.2. The second-order valence-electron chi connectivity index (χ2n) is 5.88. The summed E-state index contributed by atoms with van der Waals surface area (Å²) in [5.41, 5.74) is 1.50. The van der Waals surface area contributed by atoms with Gasteiger partial charge in [-0.05, 0) is 19.1 Å². The van der Waals surface area contributed by atoms with Gasteiger partial charge in [-0.15, -0.1) is 0 Å². The number of piperazine rings is 1. The summed E-state index contributed by atoms with van der Waals surface area (Å²) in [4.78, 5) is 12.5. The average Bonchev–Trinajstić information content (AvgIpc) is 2.95. The summed E-state index contributed by atoms with van der Waals surface area (Å²) in [6.07, 6.45) is 1.38. The van der Waals surface area contributed by atoms with Crippen LogP contribution in [0, 0.1) is 17.0 Å². The number of non-ortho nitro benzene ring substituents is 1. The van der Waals surface area contributed by atoms with E-state index in [1.165, 1.54) is 22.6 Å². The van der Waals surface area contributed by atoms with Gasteiger partial charge >= 0.3 is 0 Å². The number of nitro benzene ring substituents is 1. The predicted molar refractivity (Wildman–Crippen MR) is 92.0 cm³/mol. The number of rotatable bonds is 4. The Bertz CT molecular complexity index is 883. The molecule has 0 amide bonds. The van der Waals surface area contributed by atoms with Gasteiger partial charge in [-0.25, -0.2) is 8.42 Å². The highest BCUT2D eigenvalue weighted by Crippen LogP contribution is 2.24. The maximum absolute atomic E-state index is 12.8. The van der Waals surface area contributed by atoms with Crippen molar-refractivity contribution in [3.8, 4) is 0 Å². The Balaban J connectivity index is 1.71. The van der Waals surface area contributed by atoms with E-state index in [0.29, 0.717) is 31.9 Å². The highest BCUT2D eigenvalue weighted by molar-refractivity contribution is 7.89. The molecule has 0 spiro atoms. The number of nitro groups is 1. The largest absolute Gasteiger partial charge is 0.369 e. The highest BCUT2D eigenvalue weighted by atomic mass is 32.2. The molecule has 1 aliphatic heterocycles. The summed E-state index contributed by atoms with van der Waals surface area (Å²) in [6.45, 7) is 3.49. The first-order valence-electron chi connectivity index (χ1n) is 7.79. The molecule has 1 aliphatic rings. The monoisotopic (exact) mass is 365 g/mol. The number of aryl methyl sites for hydroxylation is 1. The van der Waals surface area contributed by atoms with Crippen molar-refractivity contribution in [1.29, 1.82) is 0 Å². The second-order valence-corrected chi connectivity index (χ2v) is 7.79. The lowest BCUT2D eigenvalue weighted by molar-refractivity contribution is -0.384. The lowest BCUT2D eigenvalue weighted by atomic mass is 10.2. The fraction of sp³-hybridized carbons (Fsp3) is 0.400. The smallest absolute Gasteiger partial charge is 0.269 e. The van der Waals surface area contributed by atoms with Crippen LogP contribution in [0.3, 0.4) is 0 Å². The minimum atomic E-state index is -3.56. The van der Waals surface area contributed by atoms with Crippen LogP contribution in [0.5, 0.6) is 0 Å². The van der Waals surface area contributed by atoms with Crippen molar-refractivity contribution in [2.75, 3.05) is 31.1 Å². The van der Waals surface area contributed by atoms with Crippen LogP contribution in [-0.4, -0.2) is 53.6 Å². The Morgan fingerprint density at radius 3 is 2.20 bits per heavy atom. The van der Waals surface area contributed by atoms with Gasteiger partial charge in [-0.2, -0.15) is 9.40 Å². The predicted octanol–water partition coefficient (Wildman–Crippen LogP) is 1.15. The standard InChI is InChI=1S/C15H19N5O4S/c1-12-15(11-16-17(12)2)25(23,24)19-9-7-18(8-10-19)13-3-5-14(6-4-13)20(21)22/h3-6,11H,7-10H2,1-2H3. The number of aromatic nitrogens is 2. The summed E-state index contributed by atoms with van der Waals surface area (Å²) in [5.74, 6) is 0. The zero-order chi connectivity index (χ0) is 18.2. The van der Waals surface area contributed by atoms with E-state index in [-0.39, 0.29) is 10.6 Å². The Morgan fingerprint density at radius 2 is 1.72 bits per heavy atom. The molecular weight excluding hydrogens is 346 g/mol. The number of anilines is 1. The molecular formula is C15H19N5O4S.